The summed E-state index contributed by atoms with van der Waals surface area (Å²) in [6.45, 7) is 4.36. The van der Waals surface area contributed by atoms with Gasteiger partial charge < -0.3 is 10.1 Å². The lowest BCUT2D eigenvalue weighted by Crippen LogP contribution is -2.34. The molecule has 0 aliphatic rings. The zero-order chi connectivity index (χ0) is 15.8. The molecule has 0 fully saturated rings. The van der Waals surface area contributed by atoms with Crippen molar-refractivity contribution in [2.45, 2.75) is 19.9 Å². The standard InChI is InChI=1S/C16H19N3O2S/c1-3-21-14-8-6-13(7-9-14)18-12(2)16(20)19-17-11-15-5-4-10-22-15/h4-12,18H,3H2,1-2H3,(H,19,20)/t12-/m1/s1. The second-order valence-electron chi connectivity index (χ2n) is 4.57. The first-order valence-electron chi connectivity index (χ1n) is 7.05. The van der Waals surface area contributed by atoms with Crippen LogP contribution in [0, 0.1) is 0 Å². The first-order valence-corrected chi connectivity index (χ1v) is 7.93. The second kappa shape index (κ2) is 8.19. The zero-order valence-corrected chi connectivity index (χ0v) is 13.4. The number of nitrogens with zero attached hydrogens (tertiary/aromatic N) is 1. The molecule has 0 saturated heterocycles. The molecular weight excluding hydrogens is 298 g/mol. The molecule has 1 atom stereocenters. The third-order valence-electron chi connectivity index (χ3n) is 2.85. The summed E-state index contributed by atoms with van der Waals surface area (Å²) in [5, 5.41) is 9.01. The molecular formula is C16H19N3O2S. The Bertz CT molecular complexity index is 609. The van der Waals surface area contributed by atoms with Crippen molar-refractivity contribution in [3.05, 3.63) is 46.7 Å². The summed E-state index contributed by atoms with van der Waals surface area (Å²) in [7, 11) is 0. The highest BCUT2D eigenvalue weighted by Gasteiger charge is 2.11. The number of benzene rings is 1. The molecule has 1 aromatic heterocycles. The van der Waals surface area contributed by atoms with Gasteiger partial charge >= 0.3 is 0 Å². The number of ether oxygens (including phenoxy) is 1. The molecule has 1 amide bonds. The van der Waals surface area contributed by atoms with E-state index >= 15 is 0 Å². The van der Waals surface area contributed by atoms with Gasteiger partial charge in [0.2, 0.25) is 0 Å². The molecule has 22 heavy (non-hydrogen) atoms. The van der Waals surface area contributed by atoms with Crippen molar-refractivity contribution in [3.63, 3.8) is 0 Å². The first kappa shape index (κ1) is 16.0. The Balaban J connectivity index is 1.82. The normalized spacial score (nSPS) is 12.1. The van der Waals surface area contributed by atoms with Crippen LogP contribution in [0.2, 0.25) is 0 Å². The third-order valence-corrected chi connectivity index (χ3v) is 3.66. The Morgan fingerprint density at radius 3 is 2.77 bits per heavy atom. The number of anilines is 1. The van der Waals surface area contributed by atoms with Gasteiger partial charge in [-0.2, -0.15) is 5.10 Å². The smallest absolute Gasteiger partial charge is 0.262 e. The van der Waals surface area contributed by atoms with E-state index in [2.05, 4.69) is 15.8 Å². The Morgan fingerprint density at radius 2 is 2.14 bits per heavy atom. The summed E-state index contributed by atoms with van der Waals surface area (Å²) in [4.78, 5) is 12.9. The fourth-order valence-electron chi connectivity index (χ4n) is 1.75. The number of nitrogens with one attached hydrogen (secondary N) is 2. The maximum atomic E-state index is 11.9. The molecule has 0 spiro atoms. The van der Waals surface area contributed by atoms with Gasteiger partial charge in [0.25, 0.3) is 5.91 Å². The summed E-state index contributed by atoms with van der Waals surface area (Å²) in [6.07, 6.45) is 1.63. The number of hydrazone groups is 1. The van der Waals surface area contributed by atoms with Crippen LogP contribution in [0.5, 0.6) is 5.75 Å². The van der Waals surface area contributed by atoms with Crippen LogP contribution in [0.15, 0.2) is 46.9 Å². The van der Waals surface area contributed by atoms with Gasteiger partial charge in [-0.1, -0.05) is 6.07 Å². The molecule has 0 saturated carbocycles. The van der Waals surface area contributed by atoms with Gasteiger partial charge in [0.1, 0.15) is 11.8 Å². The molecule has 0 radical (unpaired) electrons. The van der Waals surface area contributed by atoms with E-state index in [1.54, 1.807) is 24.5 Å². The maximum Gasteiger partial charge on any atom is 0.262 e. The van der Waals surface area contributed by atoms with E-state index in [4.69, 9.17) is 4.74 Å². The number of hydrogen-bond donors (Lipinski definition) is 2. The quantitative estimate of drug-likeness (QED) is 0.609. The molecule has 2 N–H and O–H groups in total. The van der Waals surface area contributed by atoms with Crippen molar-refractivity contribution >= 4 is 29.1 Å². The molecule has 0 aliphatic carbocycles. The third kappa shape index (κ3) is 4.89. The van der Waals surface area contributed by atoms with E-state index in [-0.39, 0.29) is 5.91 Å². The molecule has 0 aliphatic heterocycles. The Morgan fingerprint density at radius 1 is 1.36 bits per heavy atom. The van der Waals surface area contributed by atoms with Crippen molar-refractivity contribution in [2.75, 3.05) is 11.9 Å². The first-order chi connectivity index (χ1) is 10.7. The highest BCUT2D eigenvalue weighted by atomic mass is 32.1. The highest BCUT2D eigenvalue weighted by Crippen LogP contribution is 2.16. The van der Waals surface area contributed by atoms with E-state index in [9.17, 15) is 4.79 Å². The molecule has 2 aromatic rings. The van der Waals surface area contributed by atoms with Gasteiger partial charge in [-0.25, -0.2) is 5.43 Å². The van der Waals surface area contributed by atoms with E-state index in [1.807, 2.05) is 48.7 Å². The number of carbonyl (C=O) groups excluding carboxylic acids is 1. The average Bonchev–Trinajstić information content (AvgIpc) is 3.02. The lowest BCUT2D eigenvalue weighted by molar-refractivity contribution is -0.121. The SMILES string of the molecule is CCOc1ccc(N[C@H](C)C(=O)NN=Cc2cccs2)cc1. The van der Waals surface area contributed by atoms with Gasteiger partial charge in [0.15, 0.2) is 0 Å². The summed E-state index contributed by atoms with van der Waals surface area (Å²) >= 11 is 1.56. The maximum absolute atomic E-state index is 11.9. The minimum atomic E-state index is -0.390. The molecule has 5 nitrogen and oxygen atoms in total. The van der Waals surface area contributed by atoms with Crippen molar-refractivity contribution in [3.8, 4) is 5.75 Å². The average molecular weight is 317 g/mol. The molecule has 6 heteroatoms. The summed E-state index contributed by atoms with van der Waals surface area (Å²) in [5.41, 5.74) is 3.38. The largest absolute Gasteiger partial charge is 0.494 e. The van der Waals surface area contributed by atoms with Crippen molar-refractivity contribution in [1.29, 1.82) is 0 Å². The van der Waals surface area contributed by atoms with Gasteiger partial charge in [-0.15, -0.1) is 11.3 Å². The van der Waals surface area contributed by atoms with Crippen LogP contribution in [-0.4, -0.2) is 24.8 Å². The zero-order valence-electron chi connectivity index (χ0n) is 12.6. The van der Waals surface area contributed by atoms with E-state index in [1.165, 1.54) is 0 Å². The second-order valence-corrected chi connectivity index (χ2v) is 5.55. The van der Waals surface area contributed by atoms with Gasteiger partial charge in [-0.3, -0.25) is 4.79 Å². The molecule has 1 heterocycles. The van der Waals surface area contributed by atoms with Gasteiger partial charge in [0.05, 0.1) is 12.8 Å². The fourth-order valence-corrected chi connectivity index (χ4v) is 2.34. The minimum absolute atomic E-state index is 0.193. The summed E-state index contributed by atoms with van der Waals surface area (Å²) < 4.78 is 5.38. The molecule has 116 valence electrons. The van der Waals surface area contributed by atoms with Crippen LogP contribution in [-0.2, 0) is 4.79 Å². The molecule has 2 rings (SSSR count). The summed E-state index contributed by atoms with van der Waals surface area (Å²) in [6, 6.07) is 11.0. The lowest BCUT2D eigenvalue weighted by Gasteiger charge is -2.13. The Hall–Kier alpha value is -2.34. The minimum Gasteiger partial charge on any atom is -0.494 e. The van der Waals surface area contributed by atoms with Crippen LogP contribution in [0.4, 0.5) is 5.69 Å². The summed E-state index contributed by atoms with van der Waals surface area (Å²) in [5.74, 6) is 0.618. The van der Waals surface area contributed by atoms with Crippen LogP contribution in [0.3, 0.4) is 0 Å². The topological polar surface area (TPSA) is 62.7 Å². The molecule has 1 aromatic carbocycles. The fraction of sp³-hybridized carbons (Fsp3) is 0.250. The van der Waals surface area contributed by atoms with Gasteiger partial charge in [0, 0.05) is 10.6 Å². The monoisotopic (exact) mass is 317 g/mol. The van der Waals surface area contributed by atoms with E-state index in [0.717, 1.165) is 16.3 Å². The number of hydrogen-bond acceptors (Lipinski definition) is 5. The van der Waals surface area contributed by atoms with Crippen molar-refractivity contribution in [1.82, 2.24) is 5.43 Å². The van der Waals surface area contributed by atoms with Crippen LogP contribution in [0.1, 0.15) is 18.7 Å². The molecule has 0 bridgehead atoms. The number of amides is 1. The Labute approximate surface area is 134 Å². The van der Waals surface area contributed by atoms with Crippen LogP contribution in [0.25, 0.3) is 0 Å². The van der Waals surface area contributed by atoms with Crippen LogP contribution >= 0.6 is 11.3 Å². The predicted molar refractivity (Wildman–Crippen MR) is 90.8 cm³/mol. The van der Waals surface area contributed by atoms with Crippen molar-refractivity contribution in [2.24, 2.45) is 5.10 Å². The van der Waals surface area contributed by atoms with Gasteiger partial charge in [-0.05, 0) is 49.6 Å². The van der Waals surface area contributed by atoms with Crippen molar-refractivity contribution < 1.29 is 9.53 Å². The number of thiophene rings is 1. The number of carbonyl (C=O) groups is 1. The number of rotatable bonds is 7. The van der Waals surface area contributed by atoms with E-state index < -0.39 is 6.04 Å². The Kier molecular flexibility index (Phi) is 5.97. The lowest BCUT2D eigenvalue weighted by atomic mass is 10.2. The highest BCUT2D eigenvalue weighted by molar-refractivity contribution is 7.11. The predicted octanol–water partition coefficient (Wildman–Crippen LogP) is 3.10. The van der Waals surface area contributed by atoms with E-state index in [0.29, 0.717) is 6.61 Å². The van der Waals surface area contributed by atoms with Crippen LogP contribution < -0.4 is 15.5 Å². The molecule has 0 unspecified atom stereocenters.